The maximum atomic E-state index is 13.0. The predicted molar refractivity (Wildman–Crippen MR) is 110 cm³/mol. The van der Waals surface area contributed by atoms with E-state index in [-0.39, 0.29) is 12.0 Å². The fraction of sp³-hybridized carbons (Fsp3) is 0.409. The molecule has 0 unspecified atom stereocenters. The van der Waals surface area contributed by atoms with Crippen LogP contribution in [0.4, 0.5) is 0 Å². The second-order valence-corrected chi connectivity index (χ2v) is 7.38. The lowest BCUT2D eigenvalue weighted by atomic mass is 10.1. The molecule has 7 heteroatoms. The maximum absolute atomic E-state index is 13.0. The van der Waals surface area contributed by atoms with Crippen molar-refractivity contribution < 1.29 is 23.7 Å². The molecule has 0 radical (unpaired) electrons. The van der Waals surface area contributed by atoms with Gasteiger partial charge in [-0.15, -0.1) is 0 Å². The minimum atomic E-state index is -0.0583. The number of piperidine rings is 1. The lowest BCUT2D eigenvalue weighted by Gasteiger charge is -2.32. The number of halogens is 1. The second kappa shape index (κ2) is 8.82. The lowest BCUT2D eigenvalue weighted by molar-refractivity contribution is 0.0588. The molecule has 1 amide bonds. The summed E-state index contributed by atoms with van der Waals surface area (Å²) in [4.78, 5) is 14.8. The van der Waals surface area contributed by atoms with Crippen LogP contribution in [-0.2, 0) is 0 Å². The van der Waals surface area contributed by atoms with E-state index in [1.807, 2.05) is 36.1 Å². The standard InChI is InChI=1S/C22H24ClNO5/c1-2-26-18-5-3-4-6-19(18)29-16-7-9-24(10-8-16)22(25)15-13-17(23)21-20(14-15)27-11-12-28-21/h3-6,13-14,16H,2,7-12H2,1H3. The number of likely N-dealkylation sites (tertiary alicyclic amines) is 1. The van der Waals surface area contributed by atoms with Gasteiger partial charge in [0.25, 0.3) is 5.91 Å². The van der Waals surface area contributed by atoms with Gasteiger partial charge in [-0.1, -0.05) is 23.7 Å². The van der Waals surface area contributed by atoms with Crippen LogP contribution in [0.3, 0.4) is 0 Å². The molecule has 0 bridgehead atoms. The van der Waals surface area contributed by atoms with Crippen molar-refractivity contribution in [1.29, 1.82) is 0 Å². The summed E-state index contributed by atoms with van der Waals surface area (Å²) in [5.41, 5.74) is 0.514. The molecule has 0 aliphatic carbocycles. The Bertz CT molecular complexity index is 880. The normalized spacial score (nSPS) is 16.4. The van der Waals surface area contributed by atoms with E-state index in [0.29, 0.717) is 55.0 Å². The Morgan fingerprint density at radius 3 is 2.62 bits per heavy atom. The third-order valence-electron chi connectivity index (χ3n) is 5.02. The molecule has 0 atom stereocenters. The molecule has 6 nitrogen and oxygen atoms in total. The Balaban J connectivity index is 1.39. The fourth-order valence-electron chi connectivity index (χ4n) is 3.60. The van der Waals surface area contributed by atoms with Gasteiger partial charge in [-0.3, -0.25) is 4.79 Å². The summed E-state index contributed by atoms with van der Waals surface area (Å²) in [6.07, 6.45) is 1.55. The van der Waals surface area contributed by atoms with Crippen molar-refractivity contribution in [3.63, 3.8) is 0 Å². The van der Waals surface area contributed by atoms with Crippen molar-refractivity contribution in [2.75, 3.05) is 32.9 Å². The van der Waals surface area contributed by atoms with Crippen LogP contribution < -0.4 is 18.9 Å². The number of rotatable bonds is 5. The SMILES string of the molecule is CCOc1ccccc1OC1CCN(C(=O)c2cc(Cl)c3c(c2)OCCO3)CC1. The van der Waals surface area contributed by atoms with E-state index in [1.165, 1.54) is 0 Å². The lowest BCUT2D eigenvalue weighted by Crippen LogP contribution is -2.41. The van der Waals surface area contributed by atoms with Gasteiger partial charge < -0.3 is 23.8 Å². The number of benzene rings is 2. The largest absolute Gasteiger partial charge is 0.490 e. The topological polar surface area (TPSA) is 57.2 Å². The third kappa shape index (κ3) is 4.37. The number of carbonyl (C=O) groups is 1. The molecule has 0 saturated carbocycles. The first-order chi connectivity index (χ1) is 14.2. The zero-order valence-corrected chi connectivity index (χ0v) is 17.1. The molecule has 2 aliphatic heterocycles. The highest BCUT2D eigenvalue weighted by atomic mass is 35.5. The van der Waals surface area contributed by atoms with Crippen molar-refractivity contribution in [3.8, 4) is 23.0 Å². The van der Waals surface area contributed by atoms with Crippen LogP contribution >= 0.6 is 11.6 Å². The number of nitrogens with zero attached hydrogens (tertiary/aromatic N) is 1. The number of hydrogen-bond donors (Lipinski definition) is 0. The van der Waals surface area contributed by atoms with Crippen molar-refractivity contribution in [2.45, 2.75) is 25.9 Å². The van der Waals surface area contributed by atoms with Crippen molar-refractivity contribution in [2.24, 2.45) is 0 Å². The van der Waals surface area contributed by atoms with Gasteiger partial charge in [0.15, 0.2) is 23.0 Å². The molecule has 2 heterocycles. The van der Waals surface area contributed by atoms with Crippen LogP contribution in [-0.4, -0.2) is 49.8 Å². The molecule has 4 rings (SSSR count). The van der Waals surface area contributed by atoms with Crippen LogP contribution in [0, 0.1) is 0 Å². The first-order valence-corrected chi connectivity index (χ1v) is 10.3. The van der Waals surface area contributed by atoms with E-state index >= 15 is 0 Å². The summed E-state index contributed by atoms with van der Waals surface area (Å²) in [6, 6.07) is 11.0. The Morgan fingerprint density at radius 1 is 1.14 bits per heavy atom. The molecular weight excluding hydrogens is 394 g/mol. The summed E-state index contributed by atoms with van der Waals surface area (Å²) >= 11 is 6.28. The van der Waals surface area contributed by atoms with Crippen LogP contribution in [0.2, 0.25) is 5.02 Å². The highest BCUT2D eigenvalue weighted by Gasteiger charge is 2.27. The van der Waals surface area contributed by atoms with E-state index in [1.54, 1.807) is 12.1 Å². The van der Waals surface area contributed by atoms with Crippen molar-refractivity contribution in [1.82, 2.24) is 4.90 Å². The average Bonchev–Trinajstić information content (AvgIpc) is 2.75. The molecule has 0 aromatic heterocycles. The summed E-state index contributed by atoms with van der Waals surface area (Å²) in [6.45, 7) is 4.68. The van der Waals surface area contributed by atoms with E-state index in [2.05, 4.69) is 0 Å². The van der Waals surface area contributed by atoms with E-state index in [9.17, 15) is 4.79 Å². The highest BCUT2D eigenvalue weighted by Crippen LogP contribution is 2.38. The third-order valence-corrected chi connectivity index (χ3v) is 5.30. The van der Waals surface area contributed by atoms with Gasteiger partial charge in [0.2, 0.25) is 0 Å². The van der Waals surface area contributed by atoms with Crippen LogP contribution in [0.1, 0.15) is 30.1 Å². The molecular formula is C22H24ClNO5. The average molecular weight is 418 g/mol. The molecule has 2 aromatic rings. The highest BCUT2D eigenvalue weighted by molar-refractivity contribution is 6.32. The maximum Gasteiger partial charge on any atom is 0.254 e. The number of amides is 1. The molecule has 154 valence electrons. The monoisotopic (exact) mass is 417 g/mol. The minimum Gasteiger partial charge on any atom is -0.490 e. The Hall–Kier alpha value is -2.60. The summed E-state index contributed by atoms with van der Waals surface area (Å²) in [5.74, 6) is 2.47. The van der Waals surface area contributed by atoms with Gasteiger partial charge in [-0.25, -0.2) is 0 Å². The number of ether oxygens (including phenoxy) is 4. The van der Waals surface area contributed by atoms with Gasteiger partial charge in [0.05, 0.1) is 11.6 Å². The molecule has 2 aliphatic rings. The van der Waals surface area contributed by atoms with Crippen LogP contribution in [0.15, 0.2) is 36.4 Å². The van der Waals surface area contributed by atoms with Gasteiger partial charge in [0.1, 0.15) is 19.3 Å². The molecule has 1 saturated heterocycles. The molecule has 2 aromatic carbocycles. The second-order valence-electron chi connectivity index (χ2n) is 6.97. The zero-order chi connectivity index (χ0) is 20.2. The Kier molecular flexibility index (Phi) is 6.00. The predicted octanol–water partition coefficient (Wildman–Crippen LogP) is 4.19. The minimum absolute atomic E-state index is 0.0458. The van der Waals surface area contributed by atoms with Gasteiger partial charge in [-0.05, 0) is 31.2 Å². The summed E-state index contributed by atoms with van der Waals surface area (Å²) in [5, 5.41) is 0.399. The van der Waals surface area contributed by atoms with Gasteiger partial charge in [-0.2, -0.15) is 0 Å². The Morgan fingerprint density at radius 2 is 1.86 bits per heavy atom. The number of para-hydroxylation sites is 2. The fourth-order valence-corrected chi connectivity index (χ4v) is 3.86. The van der Waals surface area contributed by atoms with Crippen LogP contribution in [0.25, 0.3) is 0 Å². The van der Waals surface area contributed by atoms with E-state index in [4.69, 9.17) is 30.5 Å². The van der Waals surface area contributed by atoms with Crippen LogP contribution in [0.5, 0.6) is 23.0 Å². The number of hydrogen-bond acceptors (Lipinski definition) is 5. The van der Waals surface area contributed by atoms with Crippen molar-refractivity contribution >= 4 is 17.5 Å². The molecule has 1 fully saturated rings. The first-order valence-electron chi connectivity index (χ1n) is 9.92. The van der Waals surface area contributed by atoms with E-state index < -0.39 is 0 Å². The van der Waals surface area contributed by atoms with Gasteiger partial charge >= 0.3 is 0 Å². The first kappa shape index (κ1) is 19.7. The number of carbonyl (C=O) groups excluding carboxylic acids is 1. The van der Waals surface area contributed by atoms with Crippen molar-refractivity contribution in [3.05, 3.63) is 47.0 Å². The molecule has 29 heavy (non-hydrogen) atoms. The molecule has 0 N–H and O–H groups in total. The summed E-state index contributed by atoms with van der Waals surface area (Å²) < 4.78 is 22.9. The van der Waals surface area contributed by atoms with Gasteiger partial charge in [0, 0.05) is 31.5 Å². The van der Waals surface area contributed by atoms with E-state index in [0.717, 1.165) is 24.3 Å². The summed E-state index contributed by atoms with van der Waals surface area (Å²) in [7, 11) is 0. The smallest absolute Gasteiger partial charge is 0.254 e. The molecule has 0 spiro atoms. The number of fused-ring (bicyclic) bond motifs is 1. The quantitative estimate of drug-likeness (QED) is 0.730. The zero-order valence-electron chi connectivity index (χ0n) is 16.4. The Labute approximate surface area is 175 Å².